The molecule has 0 bridgehead atoms. The number of anilines is 1. The fraction of sp³-hybridized carbons (Fsp3) is 0.208. The van der Waals surface area contributed by atoms with Crippen molar-refractivity contribution in [1.82, 2.24) is 14.8 Å². The molecule has 0 aliphatic rings. The molecule has 2 aromatic carbocycles. The maximum absolute atomic E-state index is 12.5. The summed E-state index contributed by atoms with van der Waals surface area (Å²) in [5.74, 6) is 1.77. The van der Waals surface area contributed by atoms with Crippen molar-refractivity contribution in [3.63, 3.8) is 0 Å². The van der Waals surface area contributed by atoms with Gasteiger partial charge in [-0.15, -0.1) is 21.5 Å². The largest absolute Gasteiger partial charge is 0.497 e. The van der Waals surface area contributed by atoms with E-state index >= 15 is 0 Å². The van der Waals surface area contributed by atoms with Gasteiger partial charge in [0.25, 0.3) is 0 Å². The van der Waals surface area contributed by atoms with E-state index in [-0.39, 0.29) is 11.7 Å². The first kappa shape index (κ1) is 22.1. The first-order valence-electron chi connectivity index (χ1n) is 10.3. The van der Waals surface area contributed by atoms with Gasteiger partial charge in [-0.25, -0.2) is 0 Å². The van der Waals surface area contributed by atoms with Gasteiger partial charge >= 0.3 is 0 Å². The number of aromatic nitrogens is 3. The summed E-state index contributed by atoms with van der Waals surface area (Å²) in [5, 5.41) is 14.6. The van der Waals surface area contributed by atoms with Crippen LogP contribution in [0, 0.1) is 0 Å². The van der Waals surface area contributed by atoms with Crippen molar-refractivity contribution in [2.24, 2.45) is 0 Å². The van der Waals surface area contributed by atoms with Crippen molar-refractivity contribution in [2.45, 2.75) is 24.5 Å². The number of carbonyl (C=O) groups is 1. The van der Waals surface area contributed by atoms with Crippen molar-refractivity contribution in [2.75, 3.05) is 18.2 Å². The first-order chi connectivity index (χ1) is 15.7. The van der Waals surface area contributed by atoms with Crippen molar-refractivity contribution < 1.29 is 9.53 Å². The summed E-state index contributed by atoms with van der Waals surface area (Å²) in [6.07, 6.45) is 1.61. The molecule has 32 heavy (non-hydrogen) atoms. The Morgan fingerprint density at radius 2 is 1.97 bits per heavy atom. The highest BCUT2D eigenvalue weighted by Gasteiger charge is 2.15. The number of hydrogen-bond donors (Lipinski definition) is 1. The van der Waals surface area contributed by atoms with Gasteiger partial charge in [-0.05, 0) is 35.6 Å². The highest BCUT2D eigenvalue weighted by atomic mass is 32.2. The van der Waals surface area contributed by atoms with Crippen LogP contribution in [0.15, 0.2) is 77.3 Å². The van der Waals surface area contributed by atoms with Gasteiger partial charge < -0.3 is 14.6 Å². The van der Waals surface area contributed by atoms with Gasteiger partial charge in [0.15, 0.2) is 5.16 Å². The van der Waals surface area contributed by atoms with Crippen LogP contribution in [0.4, 0.5) is 5.69 Å². The smallest absolute Gasteiger partial charge is 0.234 e. The van der Waals surface area contributed by atoms with Crippen molar-refractivity contribution >= 4 is 34.7 Å². The second kappa shape index (κ2) is 11.0. The molecule has 2 heterocycles. The number of ether oxygens (including phenoxy) is 1. The minimum atomic E-state index is -0.0966. The van der Waals surface area contributed by atoms with E-state index in [0.29, 0.717) is 11.4 Å². The predicted molar refractivity (Wildman–Crippen MR) is 130 cm³/mol. The lowest BCUT2D eigenvalue weighted by molar-refractivity contribution is -0.113. The molecule has 0 atom stereocenters. The number of nitrogens with zero attached hydrogens (tertiary/aromatic N) is 3. The number of benzene rings is 2. The van der Waals surface area contributed by atoms with E-state index in [1.165, 1.54) is 22.2 Å². The van der Waals surface area contributed by atoms with Crippen LogP contribution in [0.1, 0.15) is 16.3 Å². The summed E-state index contributed by atoms with van der Waals surface area (Å²) in [6, 6.07) is 21.8. The van der Waals surface area contributed by atoms with Crippen LogP contribution in [-0.2, 0) is 24.2 Å². The van der Waals surface area contributed by atoms with Crippen LogP contribution in [-0.4, -0.2) is 33.5 Å². The van der Waals surface area contributed by atoms with E-state index in [1.54, 1.807) is 24.5 Å². The molecule has 4 aromatic rings. The lowest BCUT2D eigenvalue weighted by Gasteiger charge is -2.10. The van der Waals surface area contributed by atoms with Crippen molar-refractivity contribution in [1.29, 1.82) is 0 Å². The Morgan fingerprint density at radius 1 is 1.09 bits per heavy atom. The molecule has 0 aliphatic heterocycles. The minimum absolute atomic E-state index is 0.0966. The van der Waals surface area contributed by atoms with Gasteiger partial charge in [0.2, 0.25) is 5.91 Å². The second-order valence-corrected chi connectivity index (χ2v) is 9.09. The number of aryl methyl sites for hydroxylation is 1. The molecule has 4 rings (SSSR count). The summed E-state index contributed by atoms with van der Waals surface area (Å²) >= 11 is 3.11. The summed E-state index contributed by atoms with van der Waals surface area (Å²) in [6.45, 7) is 0.761. The lowest BCUT2D eigenvalue weighted by atomic mass is 10.1. The van der Waals surface area contributed by atoms with E-state index < -0.39 is 0 Å². The van der Waals surface area contributed by atoms with E-state index in [9.17, 15) is 4.79 Å². The third kappa shape index (κ3) is 5.99. The standard InChI is InChI=1S/C24H24N4O2S2/c1-30-20-10-5-9-19(15-20)25-23(29)17-32-24-27-26-22(16-21-11-6-14-31-21)28(24)13-12-18-7-3-2-4-8-18/h2-11,14-15H,12-13,16-17H2,1H3,(H,25,29). The van der Waals surface area contributed by atoms with Crippen LogP contribution in [0.25, 0.3) is 0 Å². The Hall–Kier alpha value is -3.10. The number of rotatable bonds is 10. The van der Waals surface area contributed by atoms with Gasteiger partial charge in [-0.2, -0.15) is 0 Å². The number of thiophene rings is 1. The molecular formula is C24H24N4O2S2. The van der Waals surface area contributed by atoms with Gasteiger partial charge in [0, 0.05) is 29.6 Å². The van der Waals surface area contributed by atoms with Crippen molar-refractivity contribution in [3.8, 4) is 5.75 Å². The van der Waals surface area contributed by atoms with E-state index in [4.69, 9.17) is 4.74 Å². The maximum Gasteiger partial charge on any atom is 0.234 e. The Kier molecular flexibility index (Phi) is 7.58. The average Bonchev–Trinajstić information content (AvgIpc) is 3.47. The molecule has 0 unspecified atom stereocenters. The topological polar surface area (TPSA) is 69.0 Å². The van der Waals surface area contributed by atoms with Crippen LogP contribution >= 0.6 is 23.1 Å². The predicted octanol–water partition coefficient (Wildman–Crippen LogP) is 4.91. The monoisotopic (exact) mass is 464 g/mol. The zero-order valence-corrected chi connectivity index (χ0v) is 19.4. The highest BCUT2D eigenvalue weighted by Crippen LogP contribution is 2.22. The Balaban J connectivity index is 1.44. The zero-order valence-electron chi connectivity index (χ0n) is 17.7. The number of amides is 1. The third-order valence-electron chi connectivity index (χ3n) is 4.86. The number of carbonyl (C=O) groups excluding carboxylic acids is 1. The number of hydrogen-bond acceptors (Lipinski definition) is 6. The molecule has 164 valence electrons. The third-order valence-corrected chi connectivity index (χ3v) is 6.70. The van der Waals surface area contributed by atoms with Crippen LogP contribution < -0.4 is 10.1 Å². The normalized spacial score (nSPS) is 10.8. The molecule has 0 spiro atoms. The van der Waals surface area contributed by atoms with E-state index in [0.717, 1.165) is 30.4 Å². The van der Waals surface area contributed by atoms with Crippen LogP contribution in [0.2, 0.25) is 0 Å². The summed E-state index contributed by atoms with van der Waals surface area (Å²) in [7, 11) is 1.60. The second-order valence-electron chi connectivity index (χ2n) is 7.11. The summed E-state index contributed by atoms with van der Waals surface area (Å²) in [5.41, 5.74) is 1.97. The molecule has 0 saturated heterocycles. The Labute approximate surface area is 195 Å². The molecule has 0 fully saturated rings. The summed E-state index contributed by atoms with van der Waals surface area (Å²) < 4.78 is 7.35. The van der Waals surface area contributed by atoms with Crippen molar-refractivity contribution in [3.05, 3.63) is 88.4 Å². The molecule has 0 radical (unpaired) electrons. The molecule has 8 heteroatoms. The molecule has 0 saturated carbocycles. The number of thioether (sulfide) groups is 1. The number of nitrogens with one attached hydrogen (secondary N) is 1. The maximum atomic E-state index is 12.5. The first-order valence-corrected chi connectivity index (χ1v) is 12.1. The molecule has 6 nitrogen and oxygen atoms in total. The Morgan fingerprint density at radius 3 is 2.75 bits per heavy atom. The molecule has 1 amide bonds. The fourth-order valence-corrected chi connectivity index (χ4v) is 4.75. The summed E-state index contributed by atoms with van der Waals surface area (Å²) in [4.78, 5) is 13.8. The molecule has 0 aliphatic carbocycles. The molecule has 2 aromatic heterocycles. The van der Waals surface area contributed by atoms with E-state index in [1.807, 2.05) is 42.5 Å². The average molecular weight is 465 g/mol. The van der Waals surface area contributed by atoms with Gasteiger partial charge in [0.05, 0.1) is 12.9 Å². The number of methoxy groups -OCH3 is 1. The molecule has 1 N–H and O–H groups in total. The minimum Gasteiger partial charge on any atom is -0.497 e. The van der Waals surface area contributed by atoms with Crippen LogP contribution in [0.3, 0.4) is 0 Å². The van der Waals surface area contributed by atoms with E-state index in [2.05, 4.69) is 43.7 Å². The van der Waals surface area contributed by atoms with Gasteiger partial charge in [0.1, 0.15) is 11.6 Å². The van der Waals surface area contributed by atoms with Crippen LogP contribution in [0.5, 0.6) is 5.75 Å². The quantitative estimate of drug-likeness (QED) is 0.338. The Bertz CT molecular complexity index is 1140. The lowest BCUT2D eigenvalue weighted by Crippen LogP contribution is -2.15. The highest BCUT2D eigenvalue weighted by molar-refractivity contribution is 7.99. The SMILES string of the molecule is COc1cccc(NC(=O)CSc2nnc(Cc3cccs3)n2CCc2ccccc2)c1. The molecular weight excluding hydrogens is 440 g/mol. The van der Waals surface area contributed by atoms with Gasteiger partial charge in [-0.1, -0.05) is 54.2 Å². The fourth-order valence-electron chi connectivity index (χ4n) is 3.26. The zero-order chi connectivity index (χ0) is 22.2. The van der Waals surface area contributed by atoms with Gasteiger partial charge in [-0.3, -0.25) is 4.79 Å².